The summed E-state index contributed by atoms with van der Waals surface area (Å²) in [5.41, 5.74) is -1.16. The number of hydrogen-bond acceptors (Lipinski definition) is 5. The van der Waals surface area contributed by atoms with Gasteiger partial charge in [0, 0.05) is 6.04 Å². The van der Waals surface area contributed by atoms with Crippen LogP contribution in [0.4, 0.5) is 29.6 Å². The minimum absolute atomic E-state index is 0.0846. The normalized spacial score (nSPS) is 14.4. The molecule has 27 heavy (non-hydrogen) atoms. The maximum Gasteiger partial charge on any atom is 0.437 e. The Morgan fingerprint density at radius 1 is 1.26 bits per heavy atom. The number of anilines is 2. The molecule has 0 atom stereocenters. The van der Waals surface area contributed by atoms with Crippen LogP contribution < -0.4 is 15.4 Å². The molecule has 0 unspecified atom stereocenters. The van der Waals surface area contributed by atoms with Crippen LogP contribution in [0, 0.1) is 0 Å². The molecule has 0 aliphatic heterocycles. The third-order valence-corrected chi connectivity index (χ3v) is 4.67. The average molecular weight is 421 g/mol. The first kappa shape index (κ1) is 19.5. The number of rotatable bonds is 4. The number of nitrogens with one attached hydrogen (secondary N) is 2. The lowest BCUT2D eigenvalue weighted by molar-refractivity contribution is -0.142. The van der Waals surface area contributed by atoms with E-state index in [9.17, 15) is 18.0 Å². The van der Waals surface area contributed by atoms with Gasteiger partial charge in [-0.2, -0.15) is 13.2 Å². The first-order valence-electron chi connectivity index (χ1n) is 7.87. The summed E-state index contributed by atoms with van der Waals surface area (Å²) in [6, 6.07) is 4.50. The van der Waals surface area contributed by atoms with Crippen molar-refractivity contribution in [3.05, 3.63) is 40.1 Å². The molecule has 3 rings (SSSR count). The second-order valence-electron chi connectivity index (χ2n) is 5.79. The SMILES string of the molecule is O=C(NC1CCC1)Oc1cnc(Nc2cccc(Cl)c2Cl)nc1C(F)(F)F. The molecule has 11 heteroatoms. The molecule has 1 fully saturated rings. The number of benzene rings is 1. The van der Waals surface area contributed by atoms with E-state index in [1.807, 2.05) is 0 Å². The van der Waals surface area contributed by atoms with Gasteiger partial charge in [-0.3, -0.25) is 0 Å². The topological polar surface area (TPSA) is 76.1 Å². The highest BCUT2D eigenvalue weighted by molar-refractivity contribution is 6.43. The summed E-state index contributed by atoms with van der Waals surface area (Å²) in [4.78, 5) is 18.9. The fourth-order valence-corrected chi connectivity index (χ4v) is 2.63. The van der Waals surface area contributed by atoms with Crippen LogP contribution in [0.15, 0.2) is 24.4 Å². The van der Waals surface area contributed by atoms with E-state index in [2.05, 4.69) is 20.6 Å². The van der Waals surface area contributed by atoms with Crippen molar-refractivity contribution in [1.82, 2.24) is 15.3 Å². The summed E-state index contributed by atoms with van der Waals surface area (Å²) in [5, 5.41) is 5.36. The zero-order valence-electron chi connectivity index (χ0n) is 13.6. The van der Waals surface area contributed by atoms with Gasteiger partial charge in [0.15, 0.2) is 11.4 Å². The van der Waals surface area contributed by atoms with Gasteiger partial charge in [0.2, 0.25) is 5.95 Å². The highest BCUT2D eigenvalue weighted by Gasteiger charge is 2.38. The monoisotopic (exact) mass is 420 g/mol. The van der Waals surface area contributed by atoms with Crippen molar-refractivity contribution in [3.8, 4) is 5.75 Å². The number of carbonyl (C=O) groups excluding carboxylic acids is 1. The van der Waals surface area contributed by atoms with E-state index < -0.39 is 23.7 Å². The third kappa shape index (κ3) is 4.72. The second-order valence-corrected chi connectivity index (χ2v) is 6.58. The highest BCUT2D eigenvalue weighted by Crippen LogP contribution is 2.36. The first-order valence-corrected chi connectivity index (χ1v) is 8.63. The van der Waals surface area contributed by atoms with E-state index in [1.165, 1.54) is 12.1 Å². The number of halogens is 5. The number of aromatic nitrogens is 2. The standard InChI is InChI=1S/C16H13Cl2F3N4O2/c17-9-5-2-6-10(12(9)18)24-14-22-7-11(13(25-14)16(19,20)21)27-15(26)23-8-3-1-4-8/h2,5-8H,1,3-4H2,(H,23,26)(H,22,24,25). The zero-order chi connectivity index (χ0) is 19.6. The minimum atomic E-state index is -4.86. The minimum Gasteiger partial charge on any atom is -0.406 e. The van der Waals surface area contributed by atoms with E-state index in [4.69, 9.17) is 27.9 Å². The molecule has 0 radical (unpaired) electrons. The summed E-state index contributed by atoms with van der Waals surface area (Å²) in [6.07, 6.45) is -2.58. The molecule has 1 amide bonds. The van der Waals surface area contributed by atoms with Crippen LogP contribution >= 0.6 is 23.2 Å². The number of ether oxygens (including phenoxy) is 1. The summed E-state index contributed by atoms with van der Waals surface area (Å²) in [7, 11) is 0. The van der Waals surface area contributed by atoms with Gasteiger partial charge in [0.1, 0.15) is 0 Å². The molecule has 0 spiro atoms. The molecule has 1 heterocycles. The highest BCUT2D eigenvalue weighted by atomic mass is 35.5. The molecule has 1 aliphatic carbocycles. The largest absolute Gasteiger partial charge is 0.437 e. The average Bonchev–Trinajstić information content (AvgIpc) is 2.56. The van der Waals surface area contributed by atoms with Crippen LogP contribution in [0.2, 0.25) is 10.0 Å². The second kappa shape index (κ2) is 7.77. The lowest BCUT2D eigenvalue weighted by Gasteiger charge is -2.25. The fourth-order valence-electron chi connectivity index (χ4n) is 2.28. The van der Waals surface area contributed by atoms with Gasteiger partial charge in [-0.05, 0) is 31.4 Å². The van der Waals surface area contributed by atoms with Crippen molar-refractivity contribution in [2.24, 2.45) is 0 Å². The van der Waals surface area contributed by atoms with Gasteiger partial charge in [-0.15, -0.1) is 0 Å². The number of nitrogens with zero attached hydrogens (tertiary/aromatic N) is 2. The molecular formula is C16H13Cl2F3N4O2. The summed E-state index contributed by atoms with van der Waals surface area (Å²) in [6.45, 7) is 0. The molecular weight excluding hydrogens is 408 g/mol. The Labute approximate surface area is 162 Å². The Morgan fingerprint density at radius 3 is 2.63 bits per heavy atom. The molecule has 2 aromatic rings. The molecule has 2 N–H and O–H groups in total. The van der Waals surface area contributed by atoms with Crippen molar-refractivity contribution in [2.75, 3.05) is 5.32 Å². The molecule has 0 saturated heterocycles. The third-order valence-electron chi connectivity index (χ3n) is 3.85. The molecule has 1 aromatic heterocycles. The van der Waals surface area contributed by atoms with E-state index >= 15 is 0 Å². The van der Waals surface area contributed by atoms with Gasteiger partial charge < -0.3 is 15.4 Å². The molecule has 1 saturated carbocycles. The molecule has 144 valence electrons. The van der Waals surface area contributed by atoms with E-state index in [1.54, 1.807) is 6.07 Å². The summed E-state index contributed by atoms with van der Waals surface area (Å²) in [5.74, 6) is -1.17. The molecule has 1 aliphatic rings. The number of hydrogen-bond donors (Lipinski definition) is 2. The Balaban J connectivity index is 1.83. The maximum absolute atomic E-state index is 13.3. The lowest BCUT2D eigenvalue weighted by atomic mass is 9.93. The van der Waals surface area contributed by atoms with Gasteiger partial charge in [-0.1, -0.05) is 29.3 Å². The van der Waals surface area contributed by atoms with Crippen molar-refractivity contribution in [3.63, 3.8) is 0 Å². The Hall–Kier alpha value is -2.26. The van der Waals surface area contributed by atoms with Crippen molar-refractivity contribution in [1.29, 1.82) is 0 Å². The van der Waals surface area contributed by atoms with Crippen LogP contribution in [0.5, 0.6) is 5.75 Å². The van der Waals surface area contributed by atoms with Crippen LogP contribution in [0.3, 0.4) is 0 Å². The van der Waals surface area contributed by atoms with Crippen molar-refractivity contribution >= 4 is 40.9 Å². The quantitative estimate of drug-likeness (QED) is 0.711. The van der Waals surface area contributed by atoms with Crippen molar-refractivity contribution in [2.45, 2.75) is 31.5 Å². The number of alkyl halides is 3. The lowest BCUT2D eigenvalue weighted by Crippen LogP contribution is -2.41. The summed E-state index contributed by atoms with van der Waals surface area (Å²) >= 11 is 11.9. The molecule has 0 bridgehead atoms. The zero-order valence-corrected chi connectivity index (χ0v) is 15.1. The van der Waals surface area contributed by atoms with E-state index in [0.29, 0.717) is 0 Å². The smallest absolute Gasteiger partial charge is 0.406 e. The fraction of sp³-hybridized carbons (Fsp3) is 0.312. The number of carbonyl (C=O) groups is 1. The molecule has 6 nitrogen and oxygen atoms in total. The van der Waals surface area contributed by atoms with E-state index in [0.717, 1.165) is 25.5 Å². The summed E-state index contributed by atoms with van der Waals surface area (Å²) < 4.78 is 44.7. The van der Waals surface area contributed by atoms with Crippen LogP contribution in [0.25, 0.3) is 0 Å². The van der Waals surface area contributed by atoms with Gasteiger partial charge in [0.05, 0.1) is 21.9 Å². The van der Waals surface area contributed by atoms with Gasteiger partial charge in [0.25, 0.3) is 0 Å². The van der Waals surface area contributed by atoms with Crippen LogP contribution in [-0.2, 0) is 6.18 Å². The van der Waals surface area contributed by atoms with Crippen molar-refractivity contribution < 1.29 is 22.7 Å². The first-order chi connectivity index (χ1) is 12.7. The van der Waals surface area contributed by atoms with Gasteiger partial charge in [-0.25, -0.2) is 14.8 Å². The predicted octanol–water partition coefficient (Wildman–Crippen LogP) is 5.19. The predicted molar refractivity (Wildman–Crippen MR) is 93.6 cm³/mol. The molecule has 1 aromatic carbocycles. The van der Waals surface area contributed by atoms with E-state index in [-0.39, 0.29) is 27.7 Å². The number of amides is 1. The maximum atomic E-state index is 13.3. The Bertz CT molecular complexity index is 860. The van der Waals surface area contributed by atoms with Crippen LogP contribution in [0.1, 0.15) is 25.0 Å². The van der Waals surface area contributed by atoms with Gasteiger partial charge >= 0.3 is 12.3 Å². The Kier molecular flexibility index (Phi) is 5.61. The Morgan fingerprint density at radius 2 is 2.00 bits per heavy atom. The van der Waals surface area contributed by atoms with Crippen LogP contribution in [-0.4, -0.2) is 22.1 Å².